The van der Waals surface area contributed by atoms with Crippen molar-refractivity contribution >= 4 is 21.9 Å². The molecule has 0 radical (unpaired) electrons. The third-order valence-corrected chi connectivity index (χ3v) is 6.52. The molecule has 0 saturated carbocycles. The zero-order valence-corrected chi connectivity index (χ0v) is 18.8. The molecule has 3 heterocycles. The summed E-state index contributed by atoms with van der Waals surface area (Å²) in [6, 6.07) is 6.59. The first kappa shape index (κ1) is 22.3. The van der Waals surface area contributed by atoms with E-state index < -0.39 is 9.84 Å². The molecule has 1 atom stereocenters. The Morgan fingerprint density at radius 2 is 1.84 bits per heavy atom. The van der Waals surface area contributed by atoms with Crippen LogP contribution in [0.15, 0.2) is 41.6 Å². The van der Waals surface area contributed by atoms with Crippen molar-refractivity contribution in [1.29, 1.82) is 0 Å². The van der Waals surface area contributed by atoms with E-state index in [1.54, 1.807) is 41.6 Å². The maximum absolute atomic E-state index is 12.2. The lowest BCUT2D eigenvalue weighted by Crippen LogP contribution is -2.55. The number of hydrogen-bond donors (Lipinski definition) is 0. The summed E-state index contributed by atoms with van der Waals surface area (Å²) in [5.41, 5.74) is 0.839. The number of ether oxygens (including phenoxy) is 3. The number of nitrogens with zero attached hydrogens (tertiary/aromatic N) is 4. The van der Waals surface area contributed by atoms with Crippen LogP contribution in [0.4, 0.5) is 10.7 Å². The number of benzene rings is 1. The highest BCUT2D eigenvalue weighted by molar-refractivity contribution is 7.90. The van der Waals surface area contributed by atoms with Crippen molar-refractivity contribution in [1.82, 2.24) is 14.9 Å². The summed E-state index contributed by atoms with van der Waals surface area (Å²) in [4.78, 5) is 25.1. The van der Waals surface area contributed by atoms with Gasteiger partial charge in [-0.3, -0.25) is 0 Å². The standard InChI is InChI=1S/C21H26N4O6S/c1-15-11-24(21(26)31-18-13-29-14-18)7-8-25(15)20-22-9-17(10-23-20)30-12-16-3-5-19(6-4-16)32(2,27)28/h3-6,9-10,15,18H,7-8,11-14H2,1-2H3/t15-/m1/s1. The Kier molecular flexibility index (Phi) is 6.47. The van der Waals surface area contributed by atoms with Gasteiger partial charge in [0.15, 0.2) is 21.7 Å². The van der Waals surface area contributed by atoms with Crippen LogP contribution >= 0.6 is 0 Å². The quantitative estimate of drug-likeness (QED) is 0.630. The highest BCUT2D eigenvalue weighted by Crippen LogP contribution is 2.20. The number of anilines is 1. The first-order valence-electron chi connectivity index (χ1n) is 10.3. The van der Waals surface area contributed by atoms with Gasteiger partial charge in [-0.25, -0.2) is 23.2 Å². The molecule has 0 unspecified atom stereocenters. The van der Waals surface area contributed by atoms with E-state index in [-0.39, 0.29) is 29.7 Å². The lowest BCUT2D eigenvalue weighted by molar-refractivity contribution is -0.105. The summed E-state index contributed by atoms with van der Waals surface area (Å²) in [5, 5.41) is 0. The van der Waals surface area contributed by atoms with Crippen molar-refractivity contribution in [2.45, 2.75) is 30.6 Å². The van der Waals surface area contributed by atoms with Gasteiger partial charge in [0.1, 0.15) is 6.61 Å². The molecule has 172 valence electrons. The average Bonchev–Trinajstić information content (AvgIpc) is 2.75. The Morgan fingerprint density at radius 1 is 1.16 bits per heavy atom. The van der Waals surface area contributed by atoms with Gasteiger partial charge in [0.2, 0.25) is 5.95 Å². The van der Waals surface area contributed by atoms with Gasteiger partial charge in [-0.05, 0) is 24.6 Å². The number of aromatic nitrogens is 2. The maximum Gasteiger partial charge on any atom is 0.410 e. The number of carbonyl (C=O) groups excluding carboxylic acids is 1. The topological polar surface area (TPSA) is 111 Å². The highest BCUT2D eigenvalue weighted by Gasteiger charge is 2.31. The van der Waals surface area contributed by atoms with Crippen LogP contribution in [0.2, 0.25) is 0 Å². The SMILES string of the molecule is C[C@@H]1CN(C(=O)OC2COC2)CCN1c1ncc(OCc2ccc(S(C)(=O)=O)cc2)cn1. The molecular formula is C21H26N4O6S. The monoisotopic (exact) mass is 462 g/mol. The molecular weight excluding hydrogens is 436 g/mol. The largest absolute Gasteiger partial charge is 0.486 e. The fraction of sp³-hybridized carbons (Fsp3) is 0.476. The third kappa shape index (κ3) is 5.28. The normalized spacial score (nSPS) is 19.4. The van der Waals surface area contributed by atoms with Crippen LogP contribution in [0, 0.1) is 0 Å². The number of amides is 1. The van der Waals surface area contributed by atoms with Crippen molar-refractivity contribution in [2.75, 3.05) is 44.0 Å². The van der Waals surface area contributed by atoms with Gasteiger partial charge in [-0.15, -0.1) is 0 Å². The van der Waals surface area contributed by atoms with Crippen molar-refractivity contribution in [3.8, 4) is 5.75 Å². The molecule has 1 aromatic heterocycles. The van der Waals surface area contributed by atoms with Crippen molar-refractivity contribution in [3.63, 3.8) is 0 Å². The summed E-state index contributed by atoms with van der Waals surface area (Å²) >= 11 is 0. The minimum absolute atomic E-state index is 0.0362. The van der Waals surface area contributed by atoms with Gasteiger partial charge in [-0.2, -0.15) is 0 Å². The summed E-state index contributed by atoms with van der Waals surface area (Å²) in [6.07, 6.45) is 3.95. The van der Waals surface area contributed by atoms with Gasteiger partial charge >= 0.3 is 6.09 Å². The van der Waals surface area contributed by atoms with Crippen molar-refractivity contribution in [3.05, 3.63) is 42.2 Å². The highest BCUT2D eigenvalue weighted by atomic mass is 32.2. The predicted octanol–water partition coefficient (Wildman–Crippen LogP) is 1.50. The molecule has 32 heavy (non-hydrogen) atoms. The van der Waals surface area contributed by atoms with Gasteiger partial charge in [0.05, 0.1) is 30.5 Å². The van der Waals surface area contributed by atoms with Gasteiger partial charge in [-0.1, -0.05) is 12.1 Å². The third-order valence-electron chi connectivity index (χ3n) is 5.39. The summed E-state index contributed by atoms with van der Waals surface area (Å²) in [7, 11) is -3.22. The maximum atomic E-state index is 12.2. The van der Waals surface area contributed by atoms with Crippen molar-refractivity contribution in [2.24, 2.45) is 0 Å². The van der Waals surface area contributed by atoms with E-state index in [0.717, 1.165) is 5.56 Å². The molecule has 0 bridgehead atoms. The molecule has 11 heteroatoms. The number of rotatable bonds is 6. The first-order chi connectivity index (χ1) is 15.3. The van der Waals surface area contributed by atoms with Gasteiger partial charge < -0.3 is 24.0 Å². The molecule has 2 fully saturated rings. The van der Waals surface area contributed by atoms with Crippen LogP contribution in [0.5, 0.6) is 5.75 Å². The van der Waals surface area contributed by atoms with Crippen molar-refractivity contribution < 1.29 is 27.4 Å². The van der Waals surface area contributed by atoms with E-state index in [9.17, 15) is 13.2 Å². The molecule has 4 rings (SSSR count). The van der Waals surface area contributed by atoms with E-state index in [2.05, 4.69) is 9.97 Å². The lowest BCUT2D eigenvalue weighted by Gasteiger charge is -2.40. The van der Waals surface area contributed by atoms with E-state index >= 15 is 0 Å². The molecule has 0 N–H and O–H groups in total. The van der Waals surface area contributed by atoms with Gasteiger partial charge in [0, 0.05) is 31.9 Å². The van der Waals surface area contributed by atoms with Crippen LogP contribution < -0.4 is 9.64 Å². The molecule has 2 aromatic rings. The fourth-order valence-corrected chi connectivity index (χ4v) is 4.08. The average molecular weight is 463 g/mol. The summed E-state index contributed by atoms with van der Waals surface area (Å²) < 4.78 is 39.2. The second-order valence-corrected chi connectivity index (χ2v) is 9.97. The van der Waals surface area contributed by atoms with Crippen LogP contribution in [0.3, 0.4) is 0 Å². The Labute approximate surface area is 187 Å². The minimum Gasteiger partial charge on any atom is -0.486 e. The molecule has 2 aliphatic heterocycles. The molecule has 0 spiro atoms. The summed E-state index contributed by atoms with van der Waals surface area (Å²) in [6.45, 7) is 4.88. The van der Waals surface area contributed by atoms with Crippen LogP contribution in [0.1, 0.15) is 12.5 Å². The Balaban J connectivity index is 1.29. The number of carbonyl (C=O) groups is 1. The van der Waals surface area contributed by atoms with E-state index in [0.29, 0.717) is 44.5 Å². The van der Waals surface area contributed by atoms with Crippen LogP contribution in [0.25, 0.3) is 0 Å². The van der Waals surface area contributed by atoms with Crippen LogP contribution in [-0.2, 0) is 25.9 Å². The number of hydrogen-bond acceptors (Lipinski definition) is 9. The summed E-state index contributed by atoms with van der Waals surface area (Å²) in [5.74, 6) is 1.08. The van der Waals surface area contributed by atoms with Crippen LogP contribution in [-0.4, -0.2) is 80.6 Å². The second-order valence-electron chi connectivity index (χ2n) is 7.96. The molecule has 2 saturated heterocycles. The predicted molar refractivity (Wildman–Crippen MR) is 115 cm³/mol. The zero-order chi connectivity index (χ0) is 22.7. The van der Waals surface area contributed by atoms with Gasteiger partial charge in [0.25, 0.3) is 0 Å². The number of piperazine rings is 1. The van der Waals surface area contributed by atoms with E-state index in [1.807, 2.05) is 11.8 Å². The Bertz CT molecular complexity index is 1040. The molecule has 10 nitrogen and oxygen atoms in total. The van der Waals surface area contributed by atoms with E-state index in [4.69, 9.17) is 14.2 Å². The Morgan fingerprint density at radius 3 is 2.41 bits per heavy atom. The molecule has 1 amide bonds. The lowest BCUT2D eigenvalue weighted by atomic mass is 10.2. The molecule has 1 aromatic carbocycles. The smallest absolute Gasteiger partial charge is 0.410 e. The first-order valence-corrected chi connectivity index (χ1v) is 12.2. The molecule has 2 aliphatic rings. The molecule has 0 aliphatic carbocycles. The van der Waals surface area contributed by atoms with E-state index in [1.165, 1.54) is 6.26 Å². The second kappa shape index (κ2) is 9.29. The zero-order valence-electron chi connectivity index (χ0n) is 18.0. The Hall–Kier alpha value is -2.92. The minimum atomic E-state index is -3.22. The fourth-order valence-electron chi connectivity index (χ4n) is 3.45. The number of sulfone groups is 1.